The van der Waals surface area contributed by atoms with E-state index in [1.165, 1.54) is 39.9 Å². The van der Waals surface area contributed by atoms with Crippen molar-refractivity contribution in [1.29, 1.82) is 0 Å². The van der Waals surface area contributed by atoms with Crippen LogP contribution in [0, 0.1) is 0 Å². The maximum Gasteiger partial charge on any atom is 0.252 e. The van der Waals surface area contributed by atoms with Crippen molar-refractivity contribution >= 4 is 49.8 Å². The molecule has 3 aromatic rings. The Morgan fingerprint density at radius 3 is 2.65 bits per heavy atom. The van der Waals surface area contributed by atoms with Gasteiger partial charge >= 0.3 is 0 Å². The number of carbonyl (C=O) groups excluding carboxylic acids is 1. The van der Waals surface area contributed by atoms with Crippen LogP contribution in [0.1, 0.15) is 28.2 Å². The van der Waals surface area contributed by atoms with Crippen molar-refractivity contribution < 1.29 is 17.9 Å². The molecule has 1 fully saturated rings. The summed E-state index contributed by atoms with van der Waals surface area (Å²) >= 11 is 7.32. The lowest BCUT2D eigenvalue weighted by atomic mass is 10.1. The van der Waals surface area contributed by atoms with Crippen molar-refractivity contribution in [3.05, 3.63) is 61.5 Å². The Balaban J connectivity index is 1.71. The lowest BCUT2D eigenvalue weighted by molar-refractivity contribution is 0.0730. The van der Waals surface area contributed by atoms with Gasteiger partial charge in [0, 0.05) is 34.9 Å². The molecule has 2 N–H and O–H groups in total. The van der Waals surface area contributed by atoms with E-state index < -0.39 is 21.5 Å². The van der Waals surface area contributed by atoms with E-state index in [1.54, 1.807) is 6.07 Å². The lowest BCUT2D eigenvalue weighted by Gasteiger charge is -2.26. The van der Waals surface area contributed by atoms with Gasteiger partial charge in [0.05, 0.1) is 34.1 Å². The number of H-pyrrole nitrogens is 1. The number of hydrogen-bond acceptors (Lipinski definition) is 6. The van der Waals surface area contributed by atoms with Crippen molar-refractivity contribution in [2.24, 2.45) is 0 Å². The normalized spacial score (nSPS) is 16.3. The number of benzene rings is 1. The molecule has 1 aliphatic rings. The van der Waals surface area contributed by atoms with Crippen LogP contribution in [0.5, 0.6) is 0 Å². The fraction of sp³-hybridized carbons (Fsp3) is 0.300. The Labute approximate surface area is 187 Å². The molecule has 2 aromatic heterocycles. The van der Waals surface area contributed by atoms with E-state index in [4.69, 9.17) is 16.3 Å². The molecule has 1 unspecified atom stereocenters. The molecule has 1 saturated heterocycles. The average Bonchev–Trinajstić information content (AvgIpc) is 3.19. The number of nitrogens with one attached hydrogen (secondary N) is 2. The first-order valence-corrected chi connectivity index (χ1v) is 12.2. The van der Waals surface area contributed by atoms with Crippen molar-refractivity contribution in [2.45, 2.75) is 17.9 Å². The Morgan fingerprint density at radius 1 is 1.23 bits per heavy atom. The minimum absolute atomic E-state index is 0.0566. The summed E-state index contributed by atoms with van der Waals surface area (Å²) < 4.78 is 33.3. The highest BCUT2D eigenvalue weighted by Crippen LogP contribution is 2.28. The van der Waals surface area contributed by atoms with Crippen molar-refractivity contribution in [2.75, 3.05) is 26.3 Å². The molecule has 0 spiro atoms. The summed E-state index contributed by atoms with van der Waals surface area (Å²) in [6, 6.07) is 8.77. The highest BCUT2D eigenvalue weighted by atomic mass is 35.5. The van der Waals surface area contributed by atoms with Crippen LogP contribution in [0.25, 0.3) is 10.9 Å². The van der Waals surface area contributed by atoms with E-state index in [0.29, 0.717) is 28.5 Å². The molecule has 1 atom stereocenters. The van der Waals surface area contributed by atoms with Gasteiger partial charge in [-0.1, -0.05) is 11.6 Å². The third kappa shape index (κ3) is 4.53. The van der Waals surface area contributed by atoms with Crippen LogP contribution >= 0.6 is 22.9 Å². The SMILES string of the molecule is CC(NC(=O)c1cc(=O)[nH]c2ccc(S(=O)(=O)N3CCOCC3)cc12)c1ccc(Cl)s1. The van der Waals surface area contributed by atoms with Gasteiger partial charge in [0.15, 0.2) is 0 Å². The number of halogens is 1. The minimum Gasteiger partial charge on any atom is -0.379 e. The van der Waals surface area contributed by atoms with Crippen LogP contribution in [0.15, 0.2) is 46.1 Å². The summed E-state index contributed by atoms with van der Waals surface area (Å²) in [5.41, 5.74) is 0.0333. The average molecular weight is 482 g/mol. The van der Waals surface area contributed by atoms with Gasteiger partial charge in [-0.15, -0.1) is 11.3 Å². The van der Waals surface area contributed by atoms with Gasteiger partial charge in [0.25, 0.3) is 5.91 Å². The van der Waals surface area contributed by atoms with Gasteiger partial charge in [0.2, 0.25) is 15.6 Å². The largest absolute Gasteiger partial charge is 0.379 e. The van der Waals surface area contributed by atoms with Crippen LogP contribution in [0.4, 0.5) is 0 Å². The molecule has 8 nitrogen and oxygen atoms in total. The van der Waals surface area contributed by atoms with Gasteiger partial charge in [-0.2, -0.15) is 4.31 Å². The molecule has 1 amide bonds. The van der Waals surface area contributed by atoms with Crippen LogP contribution < -0.4 is 10.9 Å². The fourth-order valence-corrected chi connectivity index (χ4v) is 5.92. The standard InChI is InChI=1S/C20H20ClN3O5S2/c1-12(17-4-5-18(21)30-17)22-20(26)15-11-19(25)23-16-3-2-13(10-14(15)16)31(27,28)24-6-8-29-9-7-24/h2-5,10-12H,6-9H2,1H3,(H,22,26)(H,23,25). The first-order valence-electron chi connectivity index (χ1n) is 9.57. The van der Waals surface area contributed by atoms with Gasteiger partial charge < -0.3 is 15.0 Å². The second-order valence-corrected chi connectivity index (χ2v) is 10.8. The van der Waals surface area contributed by atoms with E-state index in [1.807, 2.05) is 13.0 Å². The third-order valence-corrected chi connectivity index (χ3v) is 8.34. The number of hydrogen-bond donors (Lipinski definition) is 2. The number of aromatic nitrogens is 1. The molecular formula is C20H20ClN3O5S2. The topological polar surface area (TPSA) is 109 Å². The number of amides is 1. The third-order valence-electron chi connectivity index (χ3n) is 5.04. The number of rotatable bonds is 5. The molecule has 1 aromatic carbocycles. The Hall–Kier alpha value is -2.24. The Morgan fingerprint density at radius 2 is 1.97 bits per heavy atom. The van der Waals surface area contributed by atoms with Gasteiger partial charge in [-0.05, 0) is 37.3 Å². The highest BCUT2D eigenvalue weighted by Gasteiger charge is 2.27. The molecule has 3 heterocycles. The molecule has 0 bridgehead atoms. The maximum absolute atomic E-state index is 13.0. The van der Waals surface area contributed by atoms with E-state index in [0.717, 1.165) is 4.88 Å². The van der Waals surface area contributed by atoms with E-state index in [9.17, 15) is 18.0 Å². The molecule has 31 heavy (non-hydrogen) atoms. The van der Waals surface area contributed by atoms with Crippen LogP contribution in [0.2, 0.25) is 4.34 Å². The summed E-state index contributed by atoms with van der Waals surface area (Å²) in [7, 11) is -3.75. The summed E-state index contributed by atoms with van der Waals surface area (Å²) in [4.78, 5) is 28.7. The van der Waals surface area contributed by atoms with Gasteiger partial charge in [-0.25, -0.2) is 8.42 Å². The van der Waals surface area contributed by atoms with Crippen LogP contribution in [0.3, 0.4) is 0 Å². The first kappa shape index (κ1) is 22.0. The smallest absolute Gasteiger partial charge is 0.252 e. The Kier molecular flexibility index (Phi) is 6.18. The number of pyridine rings is 1. The fourth-order valence-electron chi connectivity index (χ4n) is 3.42. The van der Waals surface area contributed by atoms with Crippen molar-refractivity contribution in [3.8, 4) is 0 Å². The quantitative estimate of drug-likeness (QED) is 0.582. The van der Waals surface area contributed by atoms with Gasteiger partial charge in [-0.3, -0.25) is 9.59 Å². The summed E-state index contributed by atoms with van der Waals surface area (Å²) in [6.07, 6.45) is 0. The van der Waals surface area contributed by atoms with Crippen LogP contribution in [-0.2, 0) is 14.8 Å². The number of fused-ring (bicyclic) bond motifs is 1. The second-order valence-electron chi connectivity index (χ2n) is 7.11. The van der Waals surface area contributed by atoms with Crippen molar-refractivity contribution in [3.63, 3.8) is 0 Å². The van der Waals surface area contributed by atoms with E-state index in [-0.39, 0.29) is 29.6 Å². The Bertz CT molecular complexity index is 1300. The number of aromatic amines is 1. The predicted molar refractivity (Wildman–Crippen MR) is 119 cm³/mol. The van der Waals surface area contributed by atoms with Crippen LogP contribution in [-0.4, -0.2) is 49.9 Å². The number of thiophene rings is 1. The second kappa shape index (κ2) is 8.71. The monoisotopic (exact) mass is 481 g/mol. The summed E-state index contributed by atoms with van der Waals surface area (Å²) in [5.74, 6) is -0.478. The zero-order valence-corrected chi connectivity index (χ0v) is 18.9. The molecule has 4 rings (SSSR count). The number of sulfonamides is 1. The zero-order valence-electron chi connectivity index (χ0n) is 16.6. The maximum atomic E-state index is 13.0. The highest BCUT2D eigenvalue weighted by molar-refractivity contribution is 7.89. The first-order chi connectivity index (χ1) is 14.8. The molecule has 0 saturated carbocycles. The van der Waals surface area contributed by atoms with E-state index in [2.05, 4.69) is 10.3 Å². The molecule has 0 aliphatic carbocycles. The van der Waals surface area contributed by atoms with Crippen molar-refractivity contribution in [1.82, 2.24) is 14.6 Å². The molecular weight excluding hydrogens is 462 g/mol. The number of ether oxygens (including phenoxy) is 1. The van der Waals surface area contributed by atoms with E-state index >= 15 is 0 Å². The van der Waals surface area contributed by atoms with Gasteiger partial charge in [0.1, 0.15) is 0 Å². The number of nitrogens with zero attached hydrogens (tertiary/aromatic N) is 1. The predicted octanol–water partition coefficient (Wildman–Crippen LogP) is 2.75. The molecule has 1 aliphatic heterocycles. The molecule has 11 heteroatoms. The molecule has 164 valence electrons. The zero-order chi connectivity index (χ0) is 22.2. The molecule has 0 radical (unpaired) electrons. The number of carbonyl (C=O) groups is 1. The minimum atomic E-state index is -3.75. The summed E-state index contributed by atoms with van der Waals surface area (Å²) in [6.45, 7) is 3.00. The number of morpholine rings is 1. The summed E-state index contributed by atoms with van der Waals surface area (Å²) in [5, 5.41) is 3.20. The lowest BCUT2D eigenvalue weighted by Crippen LogP contribution is -2.40.